The van der Waals surface area contributed by atoms with Crippen molar-refractivity contribution in [1.29, 1.82) is 0 Å². The van der Waals surface area contributed by atoms with E-state index in [-0.39, 0.29) is 0 Å². The molecule has 0 aromatic carbocycles. The van der Waals surface area contributed by atoms with Gasteiger partial charge in [-0.05, 0) is 6.92 Å². The van der Waals surface area contributed by atoms with Gasteiger partial charge >= 0.3 is 0 Å². The summed E-state index contributed by atoms with van der Waals surface area (Å²) in [4.78, 5) is 5.01. The molecule has 1 fully saturated rings. The van der Waals surface area contributed by atoms with E-state index >= 15 is 0 Å². The molecule has 54 valence electrons. The average Bonchev–Trinajstić information content (AvgIpc) is 1.88. The molecule has 0 N–H and O–H groups in total. The Balaban J connectivity index is 2.23. The van der Waals surface area contributed by atoms with Gasteiger partial charge in [-0.1, -0.05) is 0 Å². The van der Waals surface area contributed by atoms with E-state index in [0.717, 1.165) is 19.7 Å². The number of hydroxylamine groups is 2. The van der Waals surface area contributed by atoms with Crippen LogP contribution in [0.4, 0.5) is 0 Å². The SMILES string of the molecule is CON1CCOC(C)C1. The van der Waals surface area contributed by atoms with Gasteiger partial charge in [-0.15, -0.1) is 0 Å². The van der Waals surface area contributed by atoms with Crippen molar-refractivity contribution in [3.8, 4) is 0 Å². The van der Waals surface area contributed by atoms with E-state index in [1.807, 2.05) is 12.0 Å². The van der Waals surface area contributed by atoms with Crippen LogP contribution < -0.4 is 0 Å². The summed E-state index contributed by atoms with van der Waals surface area (Å²) < 4.78 is 5.29. The van der Waals surface area contributed by atoms with Crippen molar-refractivity contribution in [3.05, 3.63) is 0 Å². The Morgan fingerprint density at radius 1 is 1.67 bits per heavy atom. The van der Waals surface area contributed by atoms with Crippen LogP contribution in [0.15, 0.2) is 0 Å². The first kappa shape index (κ1) is 6.99. The third-order valence-corrected chi connectivity index (χ3v) is 1.46. The van der Waals surface area contributed by atoms with E-state index in [9.17, 15) is 0 Å². The van der Waals surface area contributed by atoms with Crippen LogP contribution in [0.2, 0.25) is 0 Å². The quantitative estimate of drug-likeness (QED) is 0.510. The Morgan fingerprint density at radius 3 is 2.89 bits per heavy atom. The Morgan fingerprint density at radius 2 is 2.44 bits per heavy atom. The topological polar surface area (TPSA) is 21.7 Å². The Kier molecular flexibility index (Phi) is 2.45. The smallest absolute Gasteiger partial charge is 0.0697 e. The predicted octanol–water partition coefficient (Wildman–Crippen LogP) is 0.268. The van der Waals surface area contributed by atoms with E-state index in [1.54, 1.807) is 7.11 Å². The van der Waals surface area contributed by atoms with Gasteiger partial charge in [-0.3, -0.25) is 0 Å². The molecule has 0 spiro atoms. The predicted molar refractivity (Wildman–Crippen MR) is 34.0 cm³/mol. The summed E-state index contributed by atoms with van der Waals surface area (Å²) >= 11 is 0. The van der Waals surface area contributed by atoms with E-state index in [2.05, 4.69) is 0 Å². The van der Waals surface area contributed by atoms with Gasteiger partial charge in [0.15, 0.2) is 0 Å². The normalized spacial score (nSPS) is 30.7. The molecule has 9 heavy (non-hydrogen) atoms. The Bertz CT molecular complexity index is 87.1. The van der Waals surface area contributed by atoms with E-state index in [0.29, 0.717) is 6.10 Å². The minimum absolute atomic E-state index is 0.318. The summed E-state index contributed by atoms with van der Waals surface area (Å²) in [7, 11) is 1.69. The number of nitrogens with zero attached hydrogens (tertiary/aromatic N) is 1. The van der Waals surface area contributed by atoms with Crippen molar-refractivity contribution in [3.63, 3.8) is 0 Å². The minimum atomic E-state index is 0.318. The molecule has 0 radical (unpaired) electrons. The third-order valence-electron chi connectivity index (χ3n) is 1.46. The third kappa shape index (κ3) is 1.93. The molecular formula is C6H13NO2. The molecule has 0 saturated carbocycles. The Labute approximate surface area is 55.5 Å². The van der Waals surface area contributed by atoms with E-state index in [1.165, 1.54) is 0 Å². The van der Waals surface area contributed by atoms with Crippen molar-refractivity contribution in [1.82, 2.24) is 5.06 Å². The number of morpholine rings is 1. The van der Waals surface area contributed by atoms with Crippen molar-refractivity contribution >= 4 is 0 Å². The molecule has 0 aromatic rings. The second kappa shape index (κ2) is 3.15. The average molecular weight is 131 g/mol. The van der Waals surface area contributed by atoms with Gasteiger partial charge in [0.25, 0.3) is 0 Å². The molecule has 0 aliphatic carbocycles. The van der Waals surface area contributed by atoms with Crippen LogP contribution in [0.1, 0.15) is 6.92 Å². The molecule has 1 aliphatic rings. The van der Waals surface area contributed by atoms with Crippen LogP contribution in [-0.4, -0.2) is 38.0 Å². The summed E-state index contributed by atoms with van der Waals surface area (Å²) in [6.07, 6.45) is 0.318. The number of hydrogen-bond acceptors (Lipinski definition) is 3. The highest BCUT2D eigenvalue weighted by atomic mass is 16.7. The van der Waals surface area contributed by atoms with Gasteiger partial charge in [-0.2, -0.15) is 5.06 Å². The zero-order chi connectivity index (χ0) is 6.69. The summed E-state index contributed by atoms with van der Waals surface area (Å²) in [6.45, 7) is 4.61. The zero-order valence-corrected chi connectivity index (χ0v) is 5.96. The van der Waals surface area contributed by atoms with E-state index < -0.39 is 0 Å². The van der Waals surface area contributed by atoms with Crippen LogP contribution in [0, 0.1) is 0 Å². The van der Waals surface area contributed by atoms with Gasteiger partial charge in [0.1, 0.15) is 0 Å². The van der Waals surface area contributed by atoms with Gasteiger partial charge in [-0.25, -0.2) is 0 Å². The highest BCUT2D eigenvalue weighted by molar-refractivity contribution is 4.60. The molecule has 0 amide bonds. The zero-order valence-electron chi connectivity index (χ0n) is 5.96. The highest BCUT2D eigenvalue weighted by Crippen LogP contribution is 2.02. The molecule has 1 rings (SSSR count). The van der Waals surface area contributed by atoms with Gasteiger partial charge in [0, 0.05) is 6.54 Å². The lowest BCUT2D eigenvalue weighted by Gasteiger charge is -2.28. The molecule has 3 heteroatoms. The van der Waals surface area contributed by atoms with Crippen molar-refractivity contribution in [2.45, 2.75) is 13.0 Å². The lowest BCUT2D eigenvalue weighted by molar-refractivity contribution is -0.189. The first-order chi connectivity index (χ1) is 4.33. The molecule has 3 nitrogen and oxygen atoms in total. The highest BCUT2D eigenvalue weighted by Gasteiger charge is 2.15. The first-order valence-electron chi connectivity index (χ1n) is 3.23. The second-order valence-electron chi connectivity index (χ2n) is 2.25. The van der Waals surface area contributed by atoms with E-state index in [4.69, 9.17) is 9.57 Å². The number of ether oxygens (including phenoxy) is 1. The van der Waals surface area contributed by atoms with Crippen LogP contribution >= 0.6 is 0 Å². The second-order valence-corrected chi connectivity index (χ2v) is 2.25. The molecule has 0 aromatic heterocycles. The van der Waals surface area contributed by atoms with Gasteiger partial charge in [0.05, 0.1) is 26.4 Å². The molecule has 1 atom stereocenters. The summed E-state index contributed by atoms with van der Waals surface area (Å²) in [5, 5.41) is 1.91. The van der Waals surface area contributed by atoms with Gasteiger partial charge in [0.2, 0.25) is 0 Å². The summed E-state index contributed by atoms with van der Waals surface area (Å²) in [5.74, 6) is 0. The number of rotatable bonds is 1. The minimum Gasteiger partial charge on any atom is -0.376 e. The monoisotopic (exact) mass is 131 g/mol. The first-order valence-corrected chi connectivity index (χ1v) is 3.23. The largest absolute Gasteiger partial charge is 0.376 e. The lowest BCUT2D eigenvalue weighted by atomic mass is 10.3. The number of hydrogen-bond donors (Lipinski definition) is 0. The fourth-order valence-electron chi connectivity index (χ4n) is 0.952. The lowest BCUT2D eigenvalue weighted by Crippen LogP contribution is -2.40. The maximum Gasteiger partial charge on any atom is 0.0697 e. The standard InChI is InChI=1S/C6H13NO2/c1-6-5-7(8-2)3-4-9-6/h6H,3-5H2,1-2H3. The maximum atomic E-state index is 5.29. The molecule has 1 saturated heterocycles. The van der Waals surface area contributed by atoms with Gasteiger partial charge < -0.3 is 9.57 Å². The van der Waals surface area contributed by atoms with Crippen LogP contribution in [0.3, 0.4) is 0 Å². The summed E-state index contributed by atoms with van der Waals surface area (Å²) in [5.41, 5.74) is 0. The molecule has 1 unspecified atom stereocenters. The molecule has 0 bridgehead atoms. The molecular weight excluding hydrogens is 118 g/mol. The van der Waals surface area contributed by atoms with Crippen LogP contribution in [0.25, 0.3) is 0 Å². The fraction of sp³-hybridized carbons (Fsp3) is 1.00. The summed E-state index contributed by atoms with van der Waals surface area (Å²) in [6, 6.07) is 0. The van der Waals surface area contributed by atoms with Crippen molar-refractivity contribution < 1.29 is 9.57 Å². The van der Waals surface area contributed by atoms with Crippen molar-refractivity contribution in [2.24, 2.45) is 0 Å². The molecule has 1 heterocycles. The Hall–Kier alpha value is -0.120. The van der Waals surface area contributed by atoms with Crippen molar-refractivity contribution in [2.75, 3.05) is 26.8 Å². The maximum absolute atomic E-state index is 5.29. The fourth-order valence-corrected chi connectivity index (χ4v) is 0.952. The van der Waals surface area contributed by atoms with Crippen LogP contribution in [-0.2, 0) is 9.57 Å². The molecule has 1 aliphatic heterocycles. The van der Waals surface area contributed by atoms with Crippen LogP contribution in [0.5, 0.6) is 0 Å².